The van der Waals surface area contributed by atoms with Crippen LogP contribution >= 0.6 is 11.3 Å². The summed E-state index contributed by atoms with van der Waals surface area (Å²) in [5.41, 5.74) is 0.770. The number of ether oxygens (including phenoxy) is 2. The number of aromatic nitrogens is 3. The van der Waals surface area contributed by atoms with Gasteiger partial charge in [-0.3, -0.25) is 0 Å². The molecule has 2 aromatic heterocycles. The van der Waals surface area contributed by atoms with Gasteiger partial charge in [-0.1, -0.05) is 0 Å². The van der Waals surface area contributed by atoms with E-state index < -0.39 is 11.9 Å². The molecule has 0 radical (unpaired) electrons. The normalized spacial score (nSPS) is 17.9. The average molecular weight is 551 g/mol. The largest absolute Gasteiger partial charge is 0.489 e. The molecule has 0 amide bonds. The van der Waals surface area contributed by atoms with Gasteiger partial charge in [-0.25, -0.2) is 15.0 Å². The third-order valence-corrected chi connectivity index (χ3v) is 7.89. The predicted octanol–water partition coefficient (Wildman–Crippen LogP) is 5.57. The minimum absolute atomic E-state index is 0.0243. The Morgan fingerprint density at radius 3 is 2.58 bits per heavy atom. The lowest BCUT2D eigenvalue weighted by atomic mass is 9.93. The van der Waals surface area contributed by atoms with Crippen LogP contribution in [0.3, 0.4) is 0 Å². The minimum atomic E-state index is -4.50. The topological polar surface area (TPSA) is 75.6 Å². The standard InChI is InChI=1S/C26H33F3N6O2S/c1-34(2)8-3-17-4-9-35(10-5-17)18-13-20-23(21(14-18)37-19-6-11-36-12-7-19)24(31-16-30-20)33-25-32-22(15-38-25)26(27,28)29/h13-17,19H,3-12H2,1-2H3,(H,30,31,32,33). The Kier molecular flexibility index (Phi) is 8.20. The molecular weight excluding hydrogens is 517 g/mol. The lowest BCUT2D eigenvalue weighted by Gasteiger charge is -2.34. The van der Waals surface area contributed by atoms with Crippen LogP contribution in [0.1, 0.15) is 37.8 Å². The third-order valence-electron chi connectivity index (χ3n) is 7.13. The molecule has 0 spiro atoms. The van der Waals surface area contributed by atoms with Gasteiger partial charge >= 0.3 is 6.18 Å². The first-order chi connectivity index (χ1) is 18.3. The summed E-state index contributed by atoms with van der Waals surface area (Å²) in [5.74, 6) is 1.70. The Morgan fingerprint density at radius 2 is 1.89 bits per heavy atom. The van der Waals surface area contributed by atoms with Crippen LogP contribution in [0.25, 0.3) is 10.9 Å². The van der Waals surface area contributed by atoms with E-state index in [-0.39, 0.29) is 11.2 Å². The number of hydrogen-bond donors (Lipinski definition) is 1. The first-order valence-corrected chi connectivity index (χ1v) is 13.9. The maximum Gasteiger partial charge on any atom is 0.434 e. The molecule has 0 bridgehead atoms. The van der Waals surface area contributed by atoms with Crippen LogP contribution in [0, 0.1) is 5.92 Å². The second kappa shape index (κ2) is 11.6. The summed E-state index contributed by atoms with van der Waals surface area (Å²) in [7, 11) is 4.22. The molecule has 12 heteroatoms. The zero-order valence-electron chi connectivity index (χ0n) is 21.6. The number of rotatable bonds is 8. The molecular formula is C26H33F3N6O2S. The Hall–Kier alpha value is -2.70. The Bertz CT molecular complexity index is 1220. The molecule has 0 atom stereocenters. The number of thiazole rings is 1. The smallest absolute Gasteiger partial charge is 0.434 e. The average Bonchev–Trinajstić information content (AvgIpc) is 3.38. The zero-order chi connectivity index (χ0) is 26.7. The molecule has 2 aliphatic heterocycles. The molecule has 3 aromatic rings. The van der Waals surface area contributed by atoms with Crippen molar-refractivity contribution in [3.05, 3.63) is 29.5 Å². The molecule has 1 N–H and O–H groups in total. The highest BCUT2D eigenvalue weighted by atomic mass is 32.1. The van der Waals surface area contributed by atoms with Crippen LogP contribution in [0.5, 0.6) is 5.75 Å². The van der Waals surface area contributed by atoms with Crippen molar-refractivity contribution in [1.29, 1.82) is 0 Å². The van der Waals surface area contributed by atoms with Crippen molar-refractivity contribution in [3.63, 3.8) is 0 Å². The van der Waals surface area contributed by atoms with E-state index in [2.05, 4.69) is 44.2 Å². The molecule has 0 saturated carbocycles. The molecule has 4 heterocycles. The van der Waals surface area contributed by atoms with Crippen LogP contribution in [0.4, 0.5) is 29.8 Å². The number of anilines is 3. The van der Waals surface area contributed by atoms with Gasteiger partial charge in [0, 0.05) is 43.1 Å². The fourth-order valence-electron chi connectivity index (χ4n) is 4.97. The van der Waals surface area contributed by atoms with Crippen molar-refractivity contribution in [2.24, 2.45) is 5.92 Å². The second-order valence-electron chi connectivity index (χ2n) is 10.2. The molecule has 8 nitrogen and oxygen atoms in total. The number of halogens is 3. The zero-order valence-corrected chi connectivity index (χ0v) is 22.4. The fraction of sp³-hybridized carbons (Fsp3) is 0.577. The molecule has 2 saturated heterocycles. The second-order valence-corrected chi connectivity index (χ2v) is 11.0. The number of alkyl halides is 3. The van der Waals surface area contributed by atoms with Gasteiger partial charge < -0.3 is 24.6 Å². The van der Waals surface area contributed by atoms with Crippen molar-refractivity contribution in [3.8, 4) is 5.75 Å². The van der Waals surface area contributed by atoms with Crippen LogP contribution in [-0.2, 0) is 10.9 Å². The van der Waals surface area contributed by atoms with E-state index in [4.69, 9.17) is 9.47 Å². The summed E-state index contributed by atoms with van der Waals surface area (Å²) in [4.78, 5) is 17.2. The fourth-order valence-corrected chi connectivity index (χ4v) is 5.68. The highest BCUT2D eigenvalue weighted by Gasteiger charge is 2.34. The molecule has 0 aliphatic carbocycles. The van der Waals surface area contributed by atoms with Gasteiger partial charge in [0.1, 0.15) is 24.0 Å². The number of fused-ring (bicyclic) bond motifs is 1. The molecule has 5 rings (SSSR count). The maximum atomic E-state index is 13.1. The van der Waals surface area contributed by atoms with E-state index in [0.29, 0.717) is 41.6 Å². The number of piperidine rings is 1. The van der Waals surface area contributed by atoms with Gasteiger partial charge in [0.2, 0.25) is 0 Å². The Labute approximate surface area is 224 Å². The van der Waals surface area contributed by atoms with Crippen molar-refractivity contribution in [1.82, 2.24) is 19.9 Å². The highest BCUT2D eigenvalue weighted by molar-refractivity contribution is 7.13. The molecule has 1 aromatic carbocycles. The van der Waals surface area contributed by atoms with E-state index >= 15 is 0 Å². The van der Waals surface area contributed by atoms with E-state index in [9.17, 15) is 13.2 Å². The van der Waals surface area contributed by atoms with Crippen molar-refractivity contribution < 1.29 is 22.6 Å². The van der Waals surface area contributed by atoms with E-state index in [1.165, 1.54) is 12.7 Å². The van der Waals surface area contributed by atoms with Gasteiger partial charge in [-0.15, -0.1) is 11.3 Å². The van der Waals surface area contributed by atoms with Crippen LogP contribution < -0.4 is 15.0 Å². The molecule has 2 fully saturated rings. The molecule has 38 heavy (non-hydrogen) atoms. The molecule has 2 aliphatic rings. The van der Waals surface area contributed by atoms with Gasteiger partial charge in [-0.2, -0.15) is 13.2 Å². The summed E-state index contributed by atoms with van der Waals surface area (Å²) >= 11 is 0.882. The summed E-state index contributed by atoms with van der Waals surface area (Å²) in [6, 6.07) is 4.04. The van der Waals surface area contributed by atoms with Crippen LogP contribution in [0.2, 0.25) is 0 Å². The summed E-state index contributed by atoms with van der Waals surface area (Å²) in [6.07, 6.45) is 1.88. The van der Waals surface area contributed by atoms with E-state index in [1.807, 2.05) is 12.1 Å². The number of hydrogen-bond acceptors (Lipinski definition) is 9. The van der Waals surface area contributed by atoms with E-state index in [0.717, 1.165) is 67.7 Å². The summed E-state index contributed by atoms with van der Waals surface area (Å²) < 4.78 is 51.3. The number of nitrogens with one attached hydrogen (secondary N) is 1. The highest BCUT2D eigenvalue weighted by Crippen LogP contribution is 2.39. The van der Waals surface area contributed by atoms with Gasteiger partial charge in [0.25, 0.3) is 0 Å². The maximum absolute atomic E-state index is 13.1. The minimum Gasteiger partial charge on any atom is -0.489 e. The lowest BCUT2D eigenvalue weighted by Crippen LogP contribution is -2.34. The predicted molar refractivity (Wildman–Crippen MR) is 143 cm³/mol. The van der Waals surface area contributed by atoms with Gasteiger partial charge in [0.15, 0.2) is 10.8 Å². The molecule has 0 unspecified atom stereocenters. The third kappa shape index (κ3) is 6.47. The van der Waals surface area contributed by atoms with Crippen molar-refractivity contribution in [2.45, 2.75) is 44.4 Å². The van der Waals surface area contributed by atoms with Crippen molar-refractivity contribution >= 4 is 38.9 Å². The van der Waals surface area contributed by atoms with E-state index in [1.54, 1.807) is 0 Å². The van der Waals surface area contributed by atoms with Crippen LogP contribution in [-0.4, -0.2) is 72.9 Å². The quantitative estimate of drug-likeness (QED) is 0.390. The number of nitrogens with zero attached hydrogens (tertiary/aromatic N) is 5. The monoisotopic (exact) mass is 550 g/mol. The molecule has 206 valence electrons. The number of benzene rings is 1. The Morgan fingerprint density at radius 1 is 1.13 bits per heavy atom. The van der Waals surface area contributed by atoms with Crippen molar-refractivity contribution in [2.75, 3.05) is 57.2 Å². The van der Waals surface area contributed by atoms with Gasteiger partial charge in [-0.05, 0) is 51.9 Å². The first-order valence-electron chi connectivity index (χ1n) is 13.0. The first kappa shape index (κ1) is 26.9. The van der Waals surface area contributed by atoms with Crippen LogP contribution in [0.15, 0.2) is 23.8 Å². The lowest BCUT2D eigenvalue weighted by molar-refractivity contribution is -0.140. The van der Waals surface area contributed by atoms with Gasteiger partial charge in [0.05, 0.1) is 24.1 Å². The SMILES string of the molecule is CN(C)CCC1CCN(c2cc(OC3CCOCC3)c3c(Nc4nc(C(F)(F)F)cs4)ncnc3c2)CC1. The summed E-state index contributed by atoms with van der Waals surface area (Å²) in [5, 5.41) is 4.71. The Balaban J connectivity index is 1.44. The summed E-state index contributed by atoms with van der Waals surface area (Å²) in [6.45, 7) is 4.26.